The van der Waals surface area contributed by atoms with E-state index in [0.29, 0.717) is 12.1 Å². The molecule has 0 amide bonds. The van der Waals surface area contributed by atoms with Gasteiger partial charge in [0.25, 0.3) is 10.0 Å². The van der Waals surface area contributed by atoms with Crippen LogP contribution in [0.15, 0.2) is 26.4 Å². The summed E-state index contributed by atoms with van der Waals surface area (Å²) >= 11 is 1.14. The Morgan fingerprint density at radius 3 is 2.94 bits per heavy atom. The summed E-state index contributed by atoms with van der Waals surface area (Å²) in [4.78, 5) is 0. The van der Waals surface area contributed by atoms with Crippen molar-refractivity contribution in [2.75, 3.05) is 4.72 Å². The van der Waals surface area contributed by atoms with Gasteiger partial charge >= 0.3 is 0 Å². The fourth-order valence-corrected chi connectivity index (χ4v) is 3.12. The molecular formula is C8H9N3O3S2. The molecule has 0 atom stereocenters. The summed E-state index contributed by atoms with van der Waals surface area (Å²) in [5, 5.41) is 8.79. The van der Waals surface area contributed by atoms with Crippen LogP contribution in [0.25, 0.3) is 0 Å². The fourth-order valence-electron chi connectivity index (χ4n) is 1.11. The Balaban J connectivity index is 2.29. The number of rotatable bonds is 4. The number of aryl methyl sites for hydroxylation is 1. The van der Waals surface area contributed by atoms with E-state index in [1.807, 2.05) is 6.92 Å². The molecule has 2 aromatic rings. The van der Waals surface area contributed by atoms with E-state index < -0.39 is 10.0 Å². The summed E-state index contributed by atoms with van der Waals surface area (Å²) in [6.07, 6.45) is 0.547. The van der Waals surface area contributed by atoms with E-state index in [4.69, 9.17) is 0 Å². The standard InChI is InChI=1S/C8H9N3O3S2/c1-2-6-8(10-14-9-6)11-16(12,13)7-4-3-5-15-7/h3-5H,2H2,1H3,(H,10,11). The topological polar surface area (TPSA) is 85.1 Å². The van der Waals surface area contributed by atoms with Gasteiger partial charge in [0.15, 0.2) is 0 Å². The first-order chi connectivity index (χ1) is 7.63. The molecule has 0 radical (unpaired) electrons. The van der Waals surface area contributed by atoms with Crippen LogP contribution in [0.4, 0.5) is 5.82 Å². The molecule has 0 saturated heterocycles. The maximum Gasteiger partial charge on any atom is 0.272 e. The molecule has 2 heterocycles. The highest BCUT2D eigenvalue weighted by molar-refractivity contribution is 7.94. The molecule has 0 aromatic carbocycles. The zero-order chi connectivity index (χ0) is 11.6. The lowest BCUT2D eigenvalue weighted by Gasteiger charge is -2.02. The maximum atomic E-state index is 11.8. The van der Waals surface area contributed by atoms with E-state index in [0.717, 1.165) is 11.3 Å². The van der Waals surface area contributed by atoms with Gasteiger partial charge in [-0.15, -0.1) is 11.3 Å². The lowest BCUT2D eigenvalue weighted by atomic mass is 10.3. The van der Waals surface area contributed by atoms with Gasteiger partial charge in [-0.1, -0.05) is 18.1 Å². The van der Waals surface area contributed by atoms with Gasteiger partial charge in [-0.25, -0.2) is 13.0 Å². The average Bonchev–Trinajstić information content (AvgIpc) is 2.86. The van der Waals surface area contributed by atoms with Crippen LogP contribution in [-0.4, -0.2) is 18.7 Å². The summed E-state index contributed by atoms with van der Waals surface area (Å²) < 4.78 is 30.7. The van der Waals surface area contributed by atoms with Crippen molar-refractivity contribution in [3.63, 3.8) is 0 Å². The number of thiophene rings is 1. The third-order valence-electron chi connectivity index (χ3n) is 1.88. The smallest absolute Gasteiger partial charge is 0.258 e. The summed E-state index contributed by atoms with van der Waals surface area (Å²) in [6.45, 7) is 1.84. The Morgan fingerprint density at radius 1 is 1.50 bits per heavy atom. The molecular weight excluding hydrogens is 250 g/mol. The van der Waals surface area contributed by atoms with Crippen molar-refractivity contribution in [3.8, 4) is 0 Å². The maximum absolute atomic E-state index is 11.8. The fraction of sp³-hybridized carbons (Fsp3) is 0.250. The van der Waals surface area contributed by atoms with Crippen molar-refractivity contribution < 1.29 is 13.0 Å². The first kappa shape index (κ1) is 11.1. The van der Waals surface area contributed by atoms with Gasteiger partial charge in [0.1, 0.15) is 9.90 Å². The zero-order valence-corrected chi connectivity index (χ0v) is 10.0. The second-order valence-electron chi connectivity index (χ2n) is 2.95. The quantitative estimate of drug-likeness (QED) is 0.899. The normalized spacial score (nSPS) is 11.6. The highest BCUT2D eigenvalue weighted by Gasteiger charge is 2.19. The van der Waals surface area contributed by atoms with Gasteiger partial charge in [0.05, 0.1) is 0 Å². The van der Waals surface area contributed by atoms with Crippen LogP contribution >= 0.6 is 11.3 Å². The van der Waals surface area contributed by atoms with Gasteiger partial charge in [-0.3, -0.25) is 4.72 Å². The van der Waals surface area contributed by atoms with Crippen molar-refractivity contribution in [3.05, 3.63) is 23.2 Å². The molecule has 0 fully saturated rings. The third kappa shape index (κ3) is 2.07. The van der Waals surface area contributed by atoms with E-state index in [1.165, 1.54) is 6.07 Å². The van der Waals surface area contributed by atoms with Crippen molar-refractivity contribution >= 4 is 27.2 Å². The summed E-state index contributed by atoms with van der Waals surface area (Å²) in [5.41, 5.74) is 0.486. The lowest BCUT2D eigenvalue weighted by Crippen LogP contribution is -2.12. The van der Waals surface area contributed by atoms with E-state index in [1.54, 1.807) is 11.4 Å². The lowest BCUT2D eigenvalue weighted by molar-refractivity contribution is 0.305. The summed E-state index contributed by atoms with van der Waals surface area (Å²) in [7, 11) is -3.57. The second kappa shape index (κ2) is 4.22. The molecule has 0 aliphatic heterocycles. The van der Waals surface area contributed by atoms with Crippen LogP contribution in [0.3, 0.4) is 0 Å². The van der Waals surface area contributed by atoms with Crippen molar-refractivity contribution in [1.82, 2.24) is 10.3 Å². The number of nitrogens with zero attached hydrogens (tertiary/aromatic N) is 2. The van der Waals surface area contributed by atoms with E-state index in [2.05, 4.69) is 19.7 Å². The van der Waals surface area contributed by atoms with Crippen LogP contribution in [-0.2, 0) is 16.4 Å². The Kier molecular flexibility index (Phi) is 2.92. The van der Waals surface area contributed by atoms with E-state index in [-0.39, 0.29) is 10.0 Å². The molecule has 0 bridgehead atoms. The van der Waals surface area contributed by atoms with Crippen molar-refractivity contribution in [1.29, 1.82) is 0 Å². The minimum Gasteiger partial charge on any atom is -0.258 e. The number of hydrogen-bond donors (Lipinski definition) is 1. The van der Waals surface area contributed by atoms with Gasteiger partial charge in [-0.2, -0.15) is 0 Å². The Morgan fingerprint density at radius 2 is 2.31 bits per heavy atom. The third-order valence-corrected chi connectivity index (χ3v) is 4.62. The predicted molar refractivity (Wildman–Crippen MR) is 58.8 cm³/mol. The van der Waals surface area contributed by atoms with E-state index >= 15 is 0 Å². The molecule has 2 aromatic heterocycles. The van der Waals surface area contributed by atoms with Crippen LogP contribution < -0.4 is 4.72 Å². The van der Waals surface area contributed by atoms with Gasteiger partial charge in [0.2, 0.25) is 5.82 Å². The first-order valence-electron chi connectivity index (χ1n) is 4.51. The van der Waals surface area contributed by atoms with Gasteiger partial charge in [-0.05, 0) is 23.0 Å². The predicted octanol–water partition coefficient (Wildman–Crippen LogP) is 1.49. The zero-order valence-electron chi connectivity index (χ0n) is 8.37. The first-order valence-corrected chi connectivity index (χ1v) is 6.87. The summed E-state index contributed by atoms with van der Waals surface area (Å²) in [6, 6.07) is 3.19. The number of anilines is 1. The largest absolute Gasteiger partial charge is 0.272 e. The van der Waals surface area contributed by atoms with Crippen LogP contribution in [0.1, 0.15) is 12.6 Å². The van der Waals surface area contributed by atoms with Crippen LogP contribution in [0.5, 0.6) is 0 Å². The van der Waals surface area contributed by atoms with Gasteiger partial charge < -0.3 is 0 Å². The molecule has 0 spiro atoms. The Bertz CT molecular complexity index is 559. The molecule has 2 rings (SSSR count). The minimum atomic E-state index is -3.57. The molecule has 0 saturated carbocycles. The molecule has 0 aliphatic carbocycles. The average molecular weight is 259 g/mol. The van der Waals surface area contributed by atoms with Crippen LogP contribution in [0, 0.1) is 0 Å². The Labute approximate surface area is 96.3 Å². The minimum absolute atomic E-state index is 0.149. The molecule has 8 heteroatoms. The highest BCUT2D eigenvalue weighted by Crippen LogP contribution is 2.20. The number of sulfonamides is 1. The SMILES string of the molecule is CCc1nonc1NS(=O)(=O)c1cccs1. The molecule has 86 valence electrons. The summed E-state index contributed by atoms with van der Waals surface area (Å²) in [5.74, 6) is 0.149. The molecule has 6 nitrogen and oxygen atoms in total. The number of nitrogens with one attached hydrogen (secondary N) is 1. The molecule has 16 heavy (non-hydrogen) atoms. The van der Waals surface area contributed by atoms with E-state index in [9.17, 15) is 8.42 Å². The van der Waals surface area contributed by atoms with Gasteiger partial charge in [0, 0.05) is 0 Å². The molecule has 1 N–H and O–H groups in total. The molecule has 0 aliphatic rings. The highest BCUT2D eigenvalue weighted by atomic mass is 32.2. The van der Waals surface area contributed by atoms with Crippen molar-refractivity contribution in [2.24, 2.45) is 0 Å². The number of hydrogen-bond acceptors (Lipinski definition) is 6. The second-order valence-corrected chi connectivity index (χ2v) is 5.81. The molecule has 0 unspecified atom stereocenters. The monoisotopic (exact) mass is 259 g/mol. The van der Waals surface area contributed by atoms with Crippen LogP contribution in [0.2, 0.25) is 0 Å². The number of aromatic nitrogens is 2. The van der Waals surface area contributed by atoms with Crippen molar-refractivity contribution in [2.45, 2.75) is 17.6 Å². The Hall–Kier alpha value is -1.41.